The second kappa shape index (κ2) is 3.44. The summed E-state index contributed by atoms with van der Waals surface area (Å²) in [6.07, 6.45) is 2.61. The van der Waals surface area contributed by atoms with Crippen LogP contribution in [0.5, 0.6) is 0 Å². The van der Waals surface area contributed by atoms with Crippen molar-refractivity contribution in [2.24, 2.45) is 5.73 Å². The molecule has 60 valence electrons. The predicted molar refractivity (Wildman–Crippen MR) is 44.3 cm³/mol. The fraction of sp³-hybridized carbons (Fsp3) is 0.500. The highest BCUT2D eigenvalue weighted by Crippen LogP contribution is 2.01. The average molecular weight is 151 g/mol. The zero-order chi connectivity index (χ0) is 8.27. The Morgan fingerprint density at radius 3 is 2.73 bits per heavy atom. The lowest BCUT2D eigenvalue weighted by Crippen LogP contribution is -2.07. The summed E-state index contributed by atoms with van der Waals surface area (Å²) in [4.78, 5) is 8.41. The van der Waals surface area contributed by atoms with Crippen LogP contribution in [0.25, 0.3) is 0 Å². The Balaban J connectivity index is 2.86. The Morgan fingerprint density at radius 1 is 1.45 bits per heavy atom. The lowest BCUT2D eigenvalue weighted by molar-refractivity contribution is 0.848. The van der Waals surface area contributed by atoms with Crippen LogP contribution in [0, 0.1) is 13.8 Å². The Morgan fingerprint density at radius 2 is 2.18 bits per heavy atom. The van der Waals surface area contributed by atoms with Crippen molar-refractivity contribution in [3.05, 3.63) is 23.3 Å². The summed E-state index contributed by atoms with van der Waals surface area (Å²) in [5.41, 5.74) is 7.54. The molecule has 0 bridgehead atoms. The number of aromatic nitrogens is 2. The third kappa shape index (κ3) is 1.98. The molecule has 0 aromatic carbocycles. The molecule has 0 atom stereocenters. The lowest BCUT2D eigenvalue weighted by atomic mass is 10.2. The minimum atomic E-state index is 0.614. The van der Waals surface area contributed by atoms with Crippen molar-refractivity contribution in [1.82, 2.24) is 9.97 Å². The summed E-state index contributed by atoms with van der Waals surface area (Å²) in [6, 6.07) is 0. The molecule has 1 aromatic rings. The van der Waals surface area contributed by atoms with E-state index in [0.717, 1.165) is 23.5 Å². The van der Waals surface area contributed by atoms with Crippen molar-refractivity contribution >= 4 is 0 Å². The predicted octanol–water partition coefficient (Wildman–Crippen LogP) is 0.595. The van der Waals surface area contributed by atoms with Crippen molar-refractivity contribution in [3.63, 3.8) is 0 Å². The van der Waals surface area contributed by atoms with Crippen LogP contribution in [0.15, 0.2) is 6.20 Å². The molecule has 1 heterocycles. The number of hydrogen-bond acceptors (Lipinski definition) is 3. The molecule has 1 rings (SSSR count). The number of aryl methyl sites for hydroxylation is 2. The van der Waals surface area contributed by atoms with Crippen LogP contribution in [0.2, 0.25) is 0 Å². The van der Waals surface area contributed by atoms with Gasteiger partial charge in [-0.05, 0) is 26.0 Å². The molecule has 0 unspecified atom stereocenters. The number of nitrogens with two attached hydrogens (primary N) is 1. The highest BCUT2D eigenvalue weighted by molar-refractivity contribution is 5.13. The first-order chi connectivity index (χ1) is 5.24. The first-order valence-electron chi connectivity index (χ1n) is 3.73. The van der Waals surface area contributed by atoms with Crippen molar-refractivity contribution in [2.75, 3.05) is 6.54 Å². The third-order valence-electron chi connectivity index (χ3n) is 1.64. The summed E-state index contributed by atoms with van der Waals surface area (Å²) in [6.45, 7) is 4.60. The second-order valence-electron chi connectivity index (χ2n) is 2.59. The van der Waals surface area contributed by atoms with E-state index < -0.39 is 0 Å². The van der Waals surface area contributed by atoms with E-state index in [1.165, 1.54) is 0 Å². The molecule has 0 aliphatic carbocycles. The van der Waals surface area contributed by atoms with E-state index in [9.17, 15) is 0 Å². The Labute approximate surface area is 66.7 Å². The van der Waals surface area contributed by atoms with Gasteiger partial charge >= 0.3 is 0 Å². The van der Waals surface area contributed by atoms with E-state index in [0.29, 0.717) is 6.54 Å². The van der Waals surface area contributed by atoms with E-state index in [-0.39, 0.29) is 0 Å². The molecule has 3 heteroatoms. The number of nitrogens with zero attached hydrogens (tertiary/aromatic N) is 2. The molecule has 2 N–H and O–H groups in total. The first-order valence-corrected chi connectivity index (χ1v) is 3.73. The van der Waals surface area contributed by atoms with Crippen molar-refractivity contribution in [1.29, 1.82) is 0 Å². The molecule has 0 radical (unpaired) electrons. The molecule has 3 nitrogen and oxygen atoms in total. The molecule has 0 aliphatic heterocycles. The van der Waals surface area contributed by atoms with Crippen molar-refractivity contribution < 1.29 is 0 Å². The molecule has 0 aliphatic rings. The second-order valence-corrected chi connectivity index (χ2v) is 2.59. The van der Waals surface area contributed by atoms with Gasteiger partial charge in [0.2, 0.25) is 0 Å². The molecule has 1 aromatic heterocycles. The van der Waals surface area contributed by atoms with Crippen molar-refractivity contribution in [3.8, 4) is 0 Å². The highest BCUT2D eigenvalue weighted by Gasteiger charge is 1.97. The van der Waals surface area contributed by atoms with Crippen LogP contribution < -0.4 is 5.73 Å². The maximum Gasteiger partial charge on any atom is 0.129 e. The molecule has 11 heavy (non-hydrogen) atoms. The number of rotatable bonds is 2. The van der Waals surface area contributed by atoms with E-state index in [1.807, 2.05) is 20.0 Å². The van der Waals surface area contributed by atoms with Crippen LogP contribution >= 0.6 is 0 Å². The summed E-state index contributed by atoms with van der Waals surface area (Å²) in [5.74, 6) is 0.843. The van der Waals surface area contributed by atoms with Gasteiger partial charge in [-0.2, -0.15) is 0 Å². The van der Waals surface area contributed by atoms with Gasteiger partial charge in [0.1, 0.15) is 5.82 Å². The topological polar surface area (TPSA) is 51.8 Å². The van der Waals surface area contributed by atoms with Gasteiger partial charge in [0.05, 0.1) is 0 Å². The van der Waals surface area contributed by atoms with Gasteiger partial charge in [-0.1, -0.05) is 0 Å². The first kappa shape index (κ1) is 8.14. The fourth-order valence-electron chi connectivity index (χ4n) is 0.825. The molecule has 0 saturated carbocycles. The molecular formula is C8H13N3. The Kier molecular flexibility index (Phi) is 2.54. The zero-order valence-electron chi connectivity index (χ0n) is 6.96. The van der Waals surface area contributed by atoms with Gasteiger partial charge < -0.3 is 5.73 Å². The monoisotopic (exact) mass is 151 g/mol. The zero-order valence-corrected chi connectivity index (χ0v) is 6.96. The van der Waals surface area contributed by atoms with Gasteiger partial charge in [-0.3, -0.25) is 0 Å². The third-order valence-corrected chi connectivity index (χ3v) is 1.64. The largest absolute Gasteiger partial charge is 0.330 e. The van der Waals surface area contributed by atoms with E-state index in [1.54, 1.807) is 0 Å². The van der Waals surface area contributed by atoms with Gasteiger partial charge in [0.25, 0.3) is 0 Å². The normalized spacial score (nSPS) is 10.1. The van der Waals surface area contributed by atoms with Gasteiger partial charge in [0.15, 0.2) is 0 Å². The molecule has 0 saturated heterocycles. The molecule has 0 fully saturated rings. The molecule has 0 spiro atoms. The summed E-state index contributed by atoms with van der Waals surface area (Å²) in [7, 11) is 0. The van der Waals surface area contributed by atoms with Crippen LogP contribution in [-0.4, -0.2) is 16.5 Å². The molecule has 0 amide bonds. The maximum absolute atomic E-state index is 5.37. The summed E-state index contributed by atoms with van der Waals surface area (Å²) >= 11 is 0. The Hall–Kier alpha value is -0.960. The smallest absolute Gasteiger partial charge is 0.129 e. The standard InChI is InChI=1S/C8H13N3/c1-6-5-10-8(3-4-9)11-7(6)2/h5H,3-4,9H2,1-2H3. The fourth-order valence-corrected chi connectivity index (χ4v) is 0.825. The minimum Gasteiger partial charge on any atom is -0.330 e. The minimum absolute atomic E-state index is 0.614. The van der Waals surface area contributed by atoms with Crippen molar-refractivity contribution in [2.45, 2.75) is 20.3 Å². The average Bonchev–Trinajstić information content (AvgIpc) is 1.98. The lowest BCUT2D eigenvalue weighted by Gasteiger charge is -2.00. The van der Waals surface area contributed by atoms with E-state index in [4.69, 9.17) is 5.73 Å². The summed E-state index contributed by atoms with van der Waals surface area (Å²) < 4.78 is 0. The van der Waals surface area contributed by atoms with Crippen LogP contribution in [0.1, 0.15) is 17.1 Å². The SMILES string of the molecule is Cc1cnc(CCN)nc1C. The quantitative estimate of drug-likeness (QED) is 0.673. The summed E-state index contributed by atoms with van der Waals surface area (Å²) in [5, 5.41) is 0. The van der Waals surface area contributed by atoms with Gasteiger partial charge in [-0.15, -0.1) is 0 Å². The highest BCUT2D eigenvalue weighted by atomic mass is 14.9. The molecular weight excluding hydrogens is 138 g/mol. The van der Waals surface area contributed by atoms with Gasteiger partial charge in [0, 0.05) is 18.3 Å². The Bertz CT molecular complexity index is 245. The van der Waals surface area contributed by atoms with Crippen LogP contribution in [-0.2, 0) is 6.42 Å². The van der Waals surface area contributed by atoms with E-state index in [2.05, 4.69) is 9.97 Å². The van der Waals surface area contributed by atoms with Gasteiger partial charge in [-0.25, -0.2) is 9.97 Å². The maximum atomic E-state index is 5.37. The van der Waals surface area contributed by atoms with Crippen LogP contribution in [0.3, 0.4) is 0 Å². The van der Waals surface area contributed by atoms with E-state index >= 15 is 0 Å². The van der Waals surface area contributed by atoms with Crippen LogP contribution in [0.4, 0.5) is 0 Å². The number of hydrogen-bond donors (Lipinski definition) is 1.